The second-order valence-electron chi connectivity index (χ2n) is 5.43. The van der Waals surface area contributed by atoms with E-state index in [4.69, 9.17) is 0 Å². The van der Waals surface area contributed by atoms with Crippen LogP contribution in [0.1, 0.15) is 51.9 Å². The smallest absolute Gasteiger partial charge is 0.0525 e. The Morgan fingerprint density at radius 3 is 2.13 bits per heavy atom. The van der Waals surface area contributed by atoms with Crippen LogP contribution in [0.3, 0.4) is 0 Å². The Kier molecular flexibility index (Phi) is 4.00. The molecule has 0 aromatic rings. The van der Waals surface area contributed by atoms with E-state index in [-0.39, 0.29) is 0 Å². The number of hydrogen-bond acceptors (Lipinski definition) is 2. The van der Waals surface area contributed by atoms with Crippen molar-refractivity contribution >= 4 is 11.8 Å². The lowest BCUT2D eigenvalue weighted by atomic mass is 9.68. The first-order chi connectivity index (χ1) is 7.26. The molecule has 15 heavy (non-hydrogen) atoms. The maximum atomic E-state index is 2.67. The highest BCUT2D eigenvalue weighted by Gasteiger charge is 2.36. The molecule has 1 spiro atoms. The molecule has 1 heterocycles. The van der Waals surface area contributed by atoms with Crippen LogP contribution in [0.25, 0.3) is 0 Å². The zero-order valence-corrected chi connectivity index (χ0v) is 11.1. The molecule has 0 aromatic heterocycles. The molecule has 1 saturated carbocycles. The molecule has 1 atom stereocenters. The largest absolute Gasteiger partial charge is 0.292 e. The van der Waals surface area contributed by atoms with Gasteiger partial charge in [-0.2, -0.15) is 0 Å². The molecular formula is C13H25NS. The van der Waals surface area contributed by atoms with E-state index in [0.717, 1.165) is 10.8 Å². The number of hydrogen-bond donors (Lipinski definition) is 0. The lowest BCUT2D eigenvalue weighted by Gasteiger charge is -2.45. The summed E-state index contributed by atoms with van der Waals surface area (Å²) in [6, 6.07) is 0. The van der Waals surface area contributed by atoms with Crippen molar-refractivity contribution < 1.29 is 0 Å². The van der Waals surface area contributed by atoms with Gasteiger partial charge in [0, 0.05) is 0 Å². The van der Waals surface area contributed by atoms with Gasteiger partial charge in [0.25, 0.3) is 0 Å². The Morgan fingerprint density at radius 2 is 1.60 bits per heavy atom. The van der Waals surface area contributed by atoms with Gasteiger partial charge in [-0.3, -0.25) is 4.90 Å². The van der Waals surface area contributed by atoms with E-state index in [0.29, 0.717) is 0 Å². The van der Waals surface area contributed by atoms with Crippen LogP contribution in [0.15, 0.2) is 0 Å². The predicted molar refractivity (Wildman–Crippen MR) is 69.3 cm³/mol. The minimum absolute atomic E-state index is 0.728. The molecule has 2 rings (SSSR count). The summed E-state index contributed by atoms with van der Waals surface area (Å²) in [6.07, 6.45) is 12.7. The molecule has 2 aliphatic rings. The highest BCUT2D eigenvalue weighted by molar-refractivity contribution is 7.99. The van der Waals surface area contributed by atoms with Crippen molar-refractivity contribution in [1.82, 2.24) is 4.90 Å². The first kappa shape index (κ1) is 11.8. The van der Waals surface area contributed by atoms with Crippen molar-refractivity contribution in [2.75, 3.05) is 19.3 Å². The summed E-state index contributed by atoms with van der Waals surface area (Å²) in [4.78, 5) is 2.67. The highest BCUT2D eigenvalue weighted by atomic mass is 32.2. The van der Waals surface area contributed by atoms with Gasteiger partial charge >= 0.3 is 0 Å². The SMILES string of the molecule is CSC(C)N1CCC2(CCCCC2)CC1. The van der Waals surface area contributed by atoms with E-state index in [1.807, 2.05) is 11.8 Å². The van der Waals surface area contributed by atoms with Gasteiger partial charge < -0.3 is 0 Å². The average molecular weight is 227 g/mol. The Hall–Kier alpha value is 0.310. The number of likely N-dealkylation sites (tertiary alicyclic amines) is 1. The van der Waals surface area contributed by atoms with E-state index in [2.05, 4.69) is 18.1 Å². The third-order valence-corrected chi connectivity index (χ3v) is 5.61. The van der Waals surface area contributed by atoms with Crippen molar-refractivity contribution in [2.24, 2.45) is 5.41 Å². The maximum absolute atomic E-state index is 2.67. The van der Waals surface area contributed by atoms with Crippen molar-refractivity contribution in [3.05, 3.63) is 0 Å². The number of piperidine rings is 1. The zero-order chi connectivity index (χ0) is 10.7. The molecule has 0 amide bonds. The van der Waals surface area contributed by atoms with E-state index < -0.39 is 0 Å². The van der Waals surface area contributed by atoms with Gasteiger partial charge in [-0.1, -0.05) is 19.3 Å². The van der Waals surface area contributed by atoms with Crippen molar-refractivity contribution in [1.29, 1.82) is 0 Å². The molecule has 0 bridgehead atoms. The lowest BCUT2D eigenvalue weighted by Crippen LogP contribution is -2.43. The van der Waals surface area contributed by atoms with Crippen LogP contribution in [0, 0.1) is 5.41 Å². The Labute approximate surface area is 99.0 Å². The van der Waals surface area contributed by atoms with Gasteiger partial charge in [0.05, 0.1) is 5.37 Å². The fourth-order valence-corrected chi connectivity index (χ4v) is 3.82. The quantitative estimate of drug-likeness (QED) is 0.707. The Balaban J connectivity index is 1.85. The van der Waals surface area contributed by atoms with E-state index >= 15 is 0 Å². The maximum Gasteiger partial charge on any atom is 0.0525 e. The molecule has 0 aromatic carbocycles. The number of rotatable bonds is 2. The summed E-state index contributed by atoms with van der Waals surface area (Å²) in [6.45, 7) is 5.05. The van der Waals surface area contributed by atoms with Crippen molar-refractivity contribution in [3.8, 4) is 0 Å². The van der Waals surface area contributed by atoms with Crippen LogP contribution in [0.2, 0.25) is 0 Å². The third-order valence-electron chi connectivity index (χ3n) is 4.63. The van der Waals surface area contributed by atoms with Gasteiger partial charge in [0.15, 0.2) is 0 Å². The molecule has 1 unspecified atom stereocenters. The van der Waals surface area contributed by atoms with Crippen LogP contribution in [-0.2, 0) is 0 Å². The summed E-state index contributed by atoms with van der Waals surface area (Å²) in [5.74, 6) is 0. The monoisotopic (exact) mass is 227 g/mol. The molecular weight excluding hydrogens is 202 g/mol. The summed E-state index contributed by atoms with van der Waals surface area (Å²) >= 11 is 1.99. The number of thioether (sulfide) groups is 1. The average Bonchev–Trinajstić information content (AvgIpc) is 2.30. The van der Waals surface area contributed by atoms with Crippen LogP contribution in [-0.4, -0.2) is 29.6 Å². The second-order valence-corrected chi connectivity index (χ2v) is 6.59. The van der Waals surface area contributed by atoms with Gasteiger partial charge in [-0.15, -0.1) is 11.8 Å². The molecule has 1 saturated heterocycles. The van der Waals surface area contributed by atoms with Crippen LogP contribution >= 0.6 is 11.8 Å². The minimum atomic E-state index is 0.728. The number of nitrogens with zero attached hydrogens (tertiary/aromatic N) is 1. The minimum Gasteiger partial charge on any atom is -0.292 e. The highest BCUT2D eigenvalue weighted by Crippen LogP contribution is 2.44. The molecule has 2 heteroatoms. The van der Waals surface area contributed by atoms with Crippen LogP contribution in [0.5, 0.6) is 0 Å². The first-order valence-electron chi connectivity index (χ1n) is 6.53. The van der Waals surface area contributed by atoms with Gasteiger partial charge in [0.1, 0.15) is 0 Å². The Morgan fingerprint density at radius 1 is 1.00 bits per heavy atom. The van der Waals surface area contributed by atoms with Crippen molar-refractivity contribution in [3.63, 3.8) is 0 Å². The summed E-state index contributed by atoms with van der Waals surface area (Å²) in [7, 11) is 0. The summed E-state index contributed by atoms with van der Waals surface area (Å²) < 4.78 is 0. The molecule has 2 fully saturated rings. The molecule has 1 aliphatic carbocycles. The van der Waals surface area contributed by atoms with Crippen molar-refractivity contribution in [2.45, 2.75) is 57.2 Å². The summed E-state index contributed by atoms with van der Waals surface area (Å²) in [5.41, 5.74) is 0.771. The van der Waals surface area contributed by atoms with Gasteiger partial charge in [-0.05, 0) is 57.4 Å². The second kappa shape index (κ2) is 5.09. The van der Waals surface area contributed by atoms with Gasteiger partial charge in [0.2, 0.25) is 0 Å². The van der Waals surface area contributed by atoms with E-state index in [1.54, 1.807) is 0 Å². The topological polar surface area (TPSA) is 3.24 Å². The van der Waals surface area contributed by atoms with E-state index in [1.165, 1.54) is 58.0 Å². The summed E-state index contributed by atoms with van der Waals surface area (Å²) in [5, 5.41) is 0.728. The molecule has 0 radical (unpaired) electrons. The fourth-order valence-electron chi connectivity index (χ4n) is 3.31. The predicted octanol–water partition coefficient (Wildman–Crippen LogP) is 3.74. The van der Waals surface area contributed by atoms with Crippen LogP contribution in [0.4, 0.5) is 0 Å². The molecule has 88 valence electrons. The van der Waals surface area contributed by atoms with Crippen LogP contribution < -0.4 is 0 Å². The Bertz CT molecular complexity index is 189. The molecule has 1 aliphatic heterocycles. The molecule has 0 N–H and O–H groups in total. The lowest BCUT2D eigenvalue weighted by molar-refractivity contribution is 0.0651. The third kappa shape index (κ3) is 2.71. The first-order valence-corrected chi connectivity index (χ1v) is 7.81. The normalized spacial score (nSPS) is 29.2. The zero-order valence-electron chi connectivity index (χ0n) is 10.3. The standard InChI is InChI=1S/C13H25NS/c1-12(15-2)14-10-8-13(9-11-14)6-4-3-5-7-13/h12H,3-11H2,1-2H3. The van der Waals surface area contributed by atoms with Gasteiger partial charge in [-0.25, -0.2) is 0 Å². The fraction of sp³-hybridized carbons (Fsp3) is 1.00. The molecule has 1 nitrogen and oxygen atoms in total. The van der Waals surface area contributed by atoms with E-state index in [9.17, 15) is 0 Å².